The van der Waals surface area contributed by atoms with Crippen LogP contribution in [0.1, 0.15) is 12.5 Å². The monoisotopic (exact) mass is 326 g/mol. The Morgan fingerprint density at radius 2 is 2.00 bits per heavy atom. The molecular formula is C13H15ClN4O2S. The number of anilines is 1. The van der Waals surface area contributed by atoms with Crippen molar-refractivity contribution in [2.75, 3.05) is 12.3 Å². The topological polar surface area (TPSA) is 89.2 Å². The fourth-order valence-electron chi connectivity index (χ4n) is 1.78. The molecular weight excluding hydrogens is 312 g/mol. The van der Waals surface area contributed by atoms with E-state index < -0.39 is 10.0 Å². The average Bonchev–Trinajstić information content (AvgIpc) is 2.48. The number of aromatic nitrogens is 2. The van der Waals surface area contributed by atoms with E-state index in [0.29, 0.717) is 6.54 Å². The first kappa shape index (κ1) is 15.7. The summed E-state index contributed by atoms with van der Waals surface area (Å²) < 4.78 is 26.5. The summed E-state index contributed by atoms with van der Waals surface area (Å²) in [4.78, 5) is 7.74. The number of halogens is 1. The second-order valence-corrected chi connectivity index (χ2v) is 6.67. The van der Waals surface area contributed by atoms with Crippen LogP contribution in [0.4, 0.5) is 5.82 Å². The molecule has 6 nitrogen and oxygen atoms in total. The summed E-state index contributed by atoms with van der Waals surface area (Å²) in [6.45, 7) is 2.35. The second kappa shape index (κ2) is 6.38. The van der Waals surface area contributed by atoms with E-state index in [2.05, 4.69) is 9.97 Å². The molecule has 0 fully saturated rings. The van der Waals surface area contributed by atoms with E-state index >= 15 is 0 Å². The van der Waals surface area contributed by atoms with Crippen molar-refractivity contribution in [1.82, 2.24) is 14.3 Å². The molecule has 2 heterocycles. The van der Waals surface area contributed by atoms with Gasteiger partial charge in [-0.05, 0) is 23.8 Å². The lowest BCUT2D eigenvalue weighted by atomic mass is 10.3. The van der Waals surface area contributed by atoms with Gasteiger partial charge in [0.25, 0.3) is 0 Å². The molecule has 0 aliphatic rings. The van der Waals surface area contributed by atoms with Crippen LogP contribution in [0.25, 0.3) is 0 Å². The third-order valence-corrected chi connectivity index (χ3v) is 5.13. The minimum absolute atomic E-state index is 0.0256. The molecule has 0 saturated heterocycles. The zero-order valence-corrected chi connectivity index (χ0v) is 13.0. The molecule has 0 aliphatic heterocycles. The molecule has 2 rings (SSSR count). The molecule has 2 aromatic rings. The van der Waals surface area contributed by atoms with Gasteiger partial charge in [-0.1, -0.05) is 18.5 Å². The molecule has 0 aromatic carbocycles. The van der Waals surface area contributed by atoms with Gasteiger partial charge in [0.2, 0.25) is 10.0 Å². The number of nitrogens with zero attached hydrogens (tertiary/aromatic N) is 3. The van der Waals surface area contributed by atoms with Gasteiger partial charge < -0.3 is 5.73 Å². The maximum atomic E-state index is 12.6. The van der Waals surface area contributed by atoms with Crippen molar-refractivity contribution in [3.8, 4) is 0 Å². The summed E-state index contributed by atoms with van der Waals surface area (Å²) in [6.07, 6.45) is 4.46. The molecule has 8 heteroatoms. The Kier molecular flexibility index (Phi) is 4.76. The second-order valence-electron chi connectivity index (χ2n) is 4.32. The lowest BCUT2D eigenvalue weighted by molar-refractivity contribution is 0.423. The highest BCUT2D eigenvalue weighted by atomic mass is 35.5. The third kappa shape index (κ3) is 3.49. The Balaban J connectivity index is 2.33. The molecule has 112 valence electrons. The summed E-state index contributed by atoms with van der Waals surface area (Å²) >= 11 is 5.85. The van der Waals surface area contributed by atoms with Gasteiger partial charge in [-0.3, -0.25) is 4.98 Å². The number of sulfonamides is 1. The molecule has 0 unspecified atom stereocenters. The van der Waals surface area contributed by atoms with E-state index in [4.69, 9.17) is 17.3 Å². The van der Waals surface area contributed by atoms with Crippen LogP contribution in [-0.2, 0) is 16.6 Å². The molecule has 0 saturated carbocycles. The number of nitrogens with two attached hydrogens (primary N) is 1. The van der Waals surface area contributed by atoms with E-state index in [1.54, 1.807) is 31.5 Å². The predicted molar refractivity (Wildman–Crippen MR) is 81.2 cm³/mol. The van der Waals surface area contributed by atoms with Crippen LogP contribution in [0.15, 0.2) is 41.7 Å². The van der Waals surface area contributed by atoms with Crippen LogP contribution < -0.4 is 5.73 Å². The normalized spacial score (nSPS) is 11.8. The van der Waals surface area contributed by atoms with Crippen LogP contribution in [0.2, 0.25) is 5.02 Å². The van der Waals surface area contributed by atoms with Crippen molar-refractivity contribution in [1.29, 1.82) is 0 Å². The molecule has 0 atom stereocenters. The Labute approximate surface area is 128 Å². The van der Waals surface area contributed by atoms with E-state index in [9.17, 15) is 8.42 Å². The number of hydrogen-bond donors (Lipinski definition) is 1. The van der Waals surface area contributed by atoms with E-state index in [-0.39, 0.29) is 22.3 Å². The highest BCUT2D eigenvalue weighted by molar-refractivity contribution is 7.89. The van der Waals surface area contributed by atoms with Gasteiger partial charge in [0, 0.05) is 31.7 Å². The van der Waals surface area contributed by atoms with Gasteiger partial charge in [-0.15, -0.1) is 0 Å². The van der Waals surface area contributed by atoms with E-state index in [0.717, 1.165) is 5.56 Å². The molecule has 2 N–H and O–H groups in total. The number of hydrogen-bond acceptors (Lipinski definition) is 5. The average molecular weight is 327 g/mol. The van der Waals surface area contributed by atoms with Crippen molar-refractivity contribution >= 4 is 27.4 Å². The van der Waals surface area contributed by atoms with Crippen molar-refractivity contribution in [2.24, 2.45) is 0 Å². The number of nitrogen functional groups attached to an aromatic ring is 1. The summed E-state index contributed by atoms with van der Waals surface area (Å²) in [5.74, 6) is 0.104. The highest BCUT2D eigenvalue weighted by Gasteiger charge is 2.24. The smallest absolute Gasteiger partial charge is 0.244 e. The first-order chi connectivity index (χ1) is 9.95. The van der Waals surface area contributed by atoms with Crippen molar-refractivity contribution in [3.05, 3.63) is 47.4 Å². The molecule has 2 aromatic heterocycles. The Hall–Kier alpha value is -1.70. The van der Waals surface area contributed by atoms with E-state index in [1.807, 2.05) is 0 Å². The molecule has 0 spiro atoms. The van der Waals surface area contributed by atoms with Gasteiger partial charge in [-0.2, -0.15) is 4.31 Å². The van der Waals surface area contributed by atoms with Crippen molar-refractivity contribution < 1.29 is 8.42 Å². The Morgan fingerprint density at radius 1 is 1.33 bits per heavy atom. The first-order valence-electron chi connectivity index (χ1n) is 6.25. The molecule has 0 radical (unpaired) electrons. The zero-order valence-electron chi connectivity index (χ0n) is 11.4. The molecule has 0 amide bonds. The lowest BCUT2D eigenvalue weighted by Gasteiger charge is -2.20. The maximum Gasteiger partial charge on any atom is 0.244 e. The predicted octanol–water partition coefficient (Wildman–Crippen LogP) is 1.92. The Bertz CT molecular complexity index is 722. The fourth-order valence-corrected chi connectivity index (χ4v) is 3.42. The van der Waals surface area contributed by atoms with Gasteiger partial charge in [0.05, 0.1) is 5.02 Å². The first-order valence-corrected chi connectivity index (χ1v) is 8.07. The van der Waals surface area contributed by atoms with Gasteiger partial charge >= 0.3 is 0 Å². The van der Waals surface area contributed by atoms with E-state index in [1.165, 1.54) is 16.6 Å². The number of rotatable bonds is 5. The third-order valence-electron chi connectivity index (χ3n) is 2.94. The van der Waals surface area contributed by atoms with Gasteiger partial charge in [-0.25, -0.2) is 13.4 Å². The van der Waals surface area contributed by atoms with Crippen LogP contribution >= 0.6 is 11.6 Å². The fraction of sp³-hybridized carbons (Fsp3) is 0.231. The summed E-state index contributed by atoms with van der Waals surface area (Å²) in [5, 5.41) is 0.121. The quantitative estimate of drug-likeness (QED) is 0.906. The lowest BCUT2D eigenvalue weighted by Crippen LogP contribution is -2.30. The van der Waals surface area contributed by atoms with Crippen LogP contribution in [0, 0.1) is 0 Å². The van der Waals surface area contributed by atoms with Crippen LogP contribution in [0.3, 0.4) is 0 Å². The molecule has 0 bridgehead atoms. The van der Waals surface area contributed by atoms with Crippen LogP contribution in [0.5, 0.6) is 0 Å². The van der Waals surface area contributed by atoms with Gasteiger partial charge in [0.1, 0.15) is 10.7 Å². The molecule has 21 heavy (non-hydrogen) atoms. The summed E-state index contributed by atoms with van der Waals surface area (Å²) in [7, 11) is -3.68. The Morgan fingerprint density at radius 3 is 2.57 bits per heavy atom. The summed E-state index contributed by atoms with van der Waals surface area (Å²) in [5.41, 5.74) is 6.36. The highest BCUT2D eigenvalue weighted by Crippen LogP contribution is 2.23. The van der Waals surface area contributed by atoms with Crippen molar-refractivity contribution in [2.45, 2.75) is 18.4 Å². The minimum atomic E-state index is -3.68. The van der Waals surface area contributed by atoms with Crippen molar-refractivity contribution in [3.63, 3.8) is 0 Å². The maximum absolute atomic E-state index is 12.6. The summed E-state index contributed by atoms with van der Waals surface area (Å²) in [6, 6.07) is 4.85. The molecule has 0 aliphatic carbocycles. The van der Waals surface area contributed by atoms with Gasteiger partial charge in [0.15, 0.2) is 0 Å². The largest absolute Gasteiger partial charge is 0.382 e. The number of pyridine rings is 2. The standard InChI is InChI=1S/C13H15ClN4O2S/c1-2-18(9-10-3-5-16-6-4-10)21(19,20)11-7-12(14)13(15)17-8-11/h3-8H,2,9H2,1H3,(H2,15,17). The zero-order chi connectivity index (χ0) is 15.5. The SMILES string of the molecule is CCN(Cc1ccncc1)S(=O)(=O)c1cnc(N)c(Cl)c1. The minimum Gasteiger partial charge on any atom is -0.382 e. The van der Waals surface area contributed by atoms with Crippen LogP contribution in [-0.4, -0.2) is 29.2 Å².